The fraction of sp³-hybridized carbons (Fsp3) is 0.720. The monoisotopic (exact) mass is 541 g/mol. The van der Waals surface area contributed by atoms with Crippen LogP contribution in [0.25, 0.3) is 0 Å². The molecule has 1 aromatic carbocycles. The topological polar surface area (TPSA) is 99.6 Å². The van der Waals surface area contributed by atoms with Gasteiger partial charge in [0.05, 0.1) is 35.8 Å². The largest absolute Gasteiger partial charge is 0.441 e. The Kier molecular flexibility index (Phi) is 6.83. The summed E-state index contributed by atoms with van der Waals surface area (Å²) in [5.74, 6) is 0. The number of carbonyl (C=O) groups excluding carboxylic acids is 1. The van der Waals surface area contributed by atoms with Crippen molar-refractivity contribution >= 4 is 27.7 Å². The fourth-order valence-electron chi connectivity index (χ4n) is 6.04. The number of aliphatic hydroxyl groups is 1. The minimum absolute atomic E-state index is 0.106. The van der Waals surface area contributed by atoms with Crippen molar-refractivity contribution in [2.24, 2.45) is 0 Å². The number of halogens is 1. The quantitative estimate of drug-likeness (QED) is 0.591. The van der Waals surface area contributed by atoms with Gasteiger partial charge in [-0.15, -0.1) is 0 Å². The van der Waals surface area contributed by atoms with Gasteiger partial charge in [0.1, 0.15) is 5.60 Å². The van der Waals surface area contributed by atoms with E-state index < -0.39 is 39.4 Å². The lowest BCUT2D eigenvalue weighted by molar-refractivity contribution is -0.148. The molecule has 5 rings (SSSR count). The highest BCUT2D eigenvalue weighted by Gasteiger charge is 2.62. The first kappa shape index (κ1) is 26.2. The number of rotatable bonds is 6. The van der Waals surface area contributed by atoms with E-state index in [0.29, 0.717) is 37.5 Å². The maximum atomic E-state index is 13.9. The molecule has 4 atom stereocenters. The molecule has 2 unspecified atom stereocenters. The van der Waals surface area contributed by atoms with Gasteiger partial charge in [-0.1, -0.05) is 11.6 Å². The smallest absolute Gasteiger partial charge is 0.410 e. The number of morpholine rings is 1. The number of likely N-dealkylation sites (tertiary alicyclic amines) is 1. The number of ether oxygens (including phenoxy) is 2. The number of hydrogen-bond donors (Lipinski definition) is 1. The molecule has 1 aromatic rings. The number of piperazine rings is 1. The fourth-order valence-corrected chi connectivity index (χ4v) is 8.14. The summed E-state index contributed by atoms with van der Waals surface area (Å²) in [6.45, 7) is 7.59. The van der Waals surface area contributed by atoms with Crippen molar-refractivity contribution in [1.29, 1.82) is 0 Å². The van der Waals surface area contributed by atoms with Crippen molar-refractivity contribution in [3.05, 3.63) is 29.3 Å². The predicted octanol–water partition coefficient (Wildman–Crippen LogP) is 2.71. The highest BCUT2D eigenvalue weighted by Crippen LogP contribution is 2.50. The molecular formula is C25H36ClN3O6S. The van der Waals surface area contributed by atoms with Gasteiger partial charge < -0.3 is 19.5 Å². The van der Waals surface area contributed by atoms with E-state index in [1.54, 1.807) is 17.0 Å². The normalized spacial score (nSPS) is 31.9. The summed E-state index contributed by atoms with van der Waals surface area (Å²) < 4.78 is 41.6. The molecule has 1 N–H and O–H groups in total. The van der Waals surface area contributed by atoms with E-state index in [2.05, 4.69) is 4.90 Å². The molecule has 1 saturated carbocycles. The Bertz CT molecular complexity index is 1080. The van der Waals surface area contributed by atoms with Crippen molar-refractivity contribution in [2.45, 2.75) is 86.7 Å². The van der Waals surface area contributed by atoms with Crippen LogP contribution in [0.2, 0.25) is 5.02 Å². The average molecular weight is 542 g/mol. The molecular weight excluding hydrogens is 506 g/mol. The number of hydrogen-bond acceptors (Lipinski definition) is 7. The van der Waals surface area contributed by atoms with Crippen molar-refractivity contribution < 1.29 is 27.8 Å². The Balaban J connectivity index is 1.38. The van der Waals surface area contributed by atoms with E-state index in [0.717, 1.165) is 12.8 Å². The zero-order valence-electron chi connectivity index (χ0n) is 21.1. The average Bonchev–Trinajstić information content (AvgIpc) is 3.56. The van der Waals surface area contributed by atoms with E-state index in [9.17, 15) is 18.3 Å². The van der Waals surface area contributed by atoms with E-state index in [1.165, 1.54) is 16.4 Å². The van der Waals surface area contributed by atoms with Crippen LogP contribution in [-0.2, 0) is 19.5 Å². The van der Waals surface area contributed by atoms with Crippen LogP contribution in [0.15, 0.2) is 29.2 Å². The lowest BCUT2D eigenvalue weighted by Gasteiger charge is -2.50. The van der Waals surface area contributed by atoms with Gasteiger partial charge in [-0.3, -0.25) is 4.90 Å². The van der Waals surface area contributed by atoms with E-state index >= 15 is 0 Å². The molecule has 1 aliphatic carbocycles. The lowest BCUT2D eigenvalue weighted by Crippen LogP contribution is -2.66. The third-order valence-electron chi connectivity index (χ3n) is 8.59. The third-order valence-corrected chi connectivity index (χ3v) is 10.8. The van der Waals surface area contributed by atoms with Gasteiger partial charge in [0.25, 0.3) is 0 Å². The summed E-state index contributed by atoms with van der Waals surface area (Å²) in [5.41, 5.74) is -1.62. The van der Waals surface area contributed by atoms with Crippen LogP contribution in [0.3, 0.4) is 0 Å². The minimum Gasteiger partial charge on any atom is -0.441 e. The predicted molar refractivity (Wildman–Crippen MR) is 134 cm³/mol. The van der Waals surface area contributed by atoms with Crippen molar-refractivity contribution in [2.75, 3.05) is 32.8 Å². The molecule has 9 nitrogen and oxygen atoms in total. The van der Waals surface area contributed by atoms with Gasteiger partial charge in [-0.25, -0.2) is 13.2 Å². The van der Waals surface area contributed by atoms with E-state index in [1.807, 2.05) is 20.8 Å². The van der Waals surface area contributed by atoms with Crippen LogP contribution in [0.5, 0.6) is 0 Å². The van der Waals surface area contributed by atoms with Crippen molar-refractivity contribution in [3.63, 3.8) is 0 Å². The first-order chi connectivity index (χ1) is 17.0. The zero-order valence-corrected chi connectivity index (χ0v) is 22.7. The molecule has 36 heavy (non-hydrogen) atoms. The molecule has 4 fully saturated rings. The van der Waals surface area contributed by atoms with E-state index in [-0.39, 0.29) is 30.2 Å². The van der Waals surface area contributed by atoms with Gasteiger partial charge in [0.15, 0.2) is 0 Å². The maximum Gasteiger partial charge on any atom is 0.410 e. The number of fused-ring (bicyclic) bond motifs is 2. The molecule has 3 aliphatic heterocycles. The van der Waals surface area contributed by atoms with Gasteiger partial charge >= 0.3 is 6.09 Å². The minimum atomic E-state index is -3.91. The summed E-state index contributed by atoms with van der Waals surface area (Å²) >= 11 is 6.01. The Morgan fingerprint density at radius 3 is 2.33 bits per heavy atom. The Hall–Kier alpha value is -1.43. The summed E-state index contributed by atoms with van der Waals surface area (Å²) in [4.78, 5) is 17.6. The number of aliphatic hydroxyl groups excluding tert-OH is 1. The molecule has 3 heterocycles. The number of benzene rings is 1. The Labute approximate surface area is 218 Å². The molecule has 3 saturated heterocycles. The molecule has 1 amide bonds. The zero-order chi connectivity index (χ0) is 25.9. The number of amides is 1. The van der Waals surface area contributed by atoms with Gasteiger partial charge in [0.2, 0.25) is 10.0 Å². The maximum absolute atomic E-state index is 13.9. The van der Waals surface area contributed by atoms with Gasteiger partial charge in [-0.2, -0.15) is 4.31 Å². The lowest BCUT2D eigenvalue weighted by atomic mass is 9.94. The van der Waals surface area contributed by atoms with Crippen LogP contribution in [0.1, 0.15) is 46.5 Å². The number of nitrogens with zero attached hydrogens (tertiary/aromatic N) is 3. The summed E-state index contributed by atoms with van der Waals surface area (Å²) in [5, 5.41) is 9.85. The van der Waals surface area contributed by atoms with Gasteiger partial charge in [-0.05, 0) is 70.7 Å². The third kappa shape index (κ3) is 4.54. The highest BCUT2D eigenvalue weighted by atomic mass is 35.5. The van der Waals surface area contributed by atoms with Crippen molar-refractivity contribution in [1.82, 2.24) is 14.1 Å². The first-order valence-electron chi connectivity index (χ1n) is 12.8. The van der Waals surface area contributed by atoms with E-state index in [4.69, 9.17) is 21.1 Å². The second kappa shape index (κ2) is 9.39. The Morgan fingerprint density at radius 1 is 1.17 bits per heavy atom. The molecule has 0 aromatic heterocycles. The molecule has 2 bridgehead atoms. The molecule has 11 heteroatoms. The molecule has 200 valence electrons. The van der Waals surface area contributed by atoms with Crippen molar-refractivity contribution in [3.8, 4) is 0 Å². The second-order valence-corrected chi connectivity index (χ2v) is 13.4. The number of sulfonamides is 1. The summed E-state index contributed by atoms with van der Waals surface area (Å²) in [6, 6.07) is 5.49. The first-order valence-corrected chi connectivity index (χ1v) is 14.6. The van der Waals surface area contributed by atoms with Crippen LogP contribution in [0, 0.1) is 0 Å². The Morgan fingerprint density at radius 2 is 1.78 bits per heavy atom. The molecule has 4 aliphatic rings. The molecule has 0 spiro atoms. The van der Waals surface area contributed by atoms with Crippen LogP contribution >= 0.6 is 11.6 Å². The van der Waals surface area contributed by atoms with Crippen LogP contribution in [0.4, 0.5) is 4.79 Å². The number of carbonyl (C=O) groups is 1. The molecule has 0 radical (unpaired) electrons. The second-order valence-electron chi connectivity index (χ2n) is 11.1. The summed E-state index contributed by atoms with van der Waals surface area (Å²) in [6.07, 6.45) is 2.77. The van der Waals surface area contributed by atoms with Crippen LogP contribution in [-0.4, -0.2) is 102 Å². The summed E-state index contributed by atoms with van der Waals surface area (Å²) in [7, 11) is -3.91. The highest BCUT2D eigenvalue weighted by molar-refractivity contribution is 7.89. The standard InChI is InChI=1S/C25H36ClN3O6S/c1-17-24(2,3)34-16-22(29(17)36(32,33)21-8-4-18(26)5-9-21)25(10-11-25)35-23(31)27-14-19-6-7-20(15-27)28(19)12-13-30/h4-5,8-9,17,19-20,22,30H,6-7,10-16H2,1-3H3/t17-,19?,20?,22-/m1/s1. The van der Waals surface area contributed by atoms with Crippen LogP contribution < -0.4 is 0 Å². The van der Waals surface area contributed by atoms with Gasteiger partial charge in [0, 0.05) is 36.7 Å². The SMILES string of the molecule is C[C@H]1N(S(=O)(=O)c2ccc(Cl)cc2)[C@@H](C2(OC(=O)N3CC4CCC(C3)N4CCO)CC2)COC1(C)C.